The maximum atomic E-state index is 11.7. The summed E-state index contributed by atoms with van der Waals surface area (Å²) in [7, 11) is 3.26. The zero-order chi connectivity index (χ0) is 18.4. The third-order valence-electron chi connectivity index (χ3n) is 3.42. The lowest BCUT2D eigenvalue weighted by Crippen LogP contribution is -2.25. The average Bonchev–Trinajstić information content (AvgIpc) is 3.13. The number of nitrogens with zero attached hydrogens (tertiary/aromatic N) is 3. The Morgan fingerprint density at radius 3 is 2.65 bits per heavy atom. The van der Waals surface area contributed by atoms with Crippen molar-refractivity contribution in [3.05, 3.63) is 65.5 Å². The van der Waals surface area contributed by atoms with Crippen molar-refractivity contribution in [2.75, 3.05) is 19.5 Å². The molecule has 1 amide bonds. The van der Waals surface area contributed by atoms with E-state index in [-0.39, 0.29) is 0 Å². The van der Waals surface area contributed by atoms with Gasteiger partial charge in [0.1, 0.15) is 5.75 Å². The summed E-state index contributed by atoms with van der Waals surface area (Å²) in [5, 5.41) is 6.86. The molecule has 1 heterocycles. The second kappa shape index (κ2) is 8.26. The number of hydrogen-bond acceptors (Lipinski definition) is 6. The van der Waals surface area contributed by atoms with E-state index in [4.69, 9.17) is 4.74 Å². The Morgan fingerprint density at radius 2 is 1.88 bits per heavy atom. The van der Waals surface area contributed by atoms with Crippen LogP contribution >= 0.6 is 11.3 Å². The minimum absolute atomic E-state index is 0.439. The molecule has 1 N–H and O–H groups in total. The molecule has 0 spiro atoms. The first kappa shape index (κ1) is 17.6. The summed E-state index contributed by atoms with van der Waals surface area (Å²) in [5.74, 6) is 0.445. The Morgan fingerprint density at radius 1 is 1.15 bits per heavy atom. The lowest BCUT2D eigenvalue weighted by molar-refractivity contribution is 0.172. The first-order valence-corrected chi connectivity index (χ1v) is 8.79. The molecule has 0 aliphatic heterocycles. The Balaban J connectivity index is 1.68. The fourth-order valence-corrected chi connectivity index (χ4v) is 2.76. The van der Waals surface area contributed by atoms with E-state index in [9.17, 15) is 4.79 Å². The number of nitrogens with one attached hydrogen (secondary N) is 1. The van der Waals surface area contributed by atoms with E-state index in [0.717, 1.165) is 11.3 Å². The van der Waals surface area contributed by atoms with Gasteiger partial charge in [-0.1, -0.05) is 42.5 Å². The average molecular weight is 366 g/mol. The standard InChI is InChI=1S/C19H18N4O2S/c1-23(2)19(24)25-17-11-7-6-10-15(17)12-20-22-18-21-16(13-26-18)14-8-4-3-5-9-14/h3-13H,1-2H3,(H,21,22). The van der Waals surface area contributed by atoms with Gasteiger partial charge in [0, 0.05) is 30.6 Å². The van der Waals surface area contributed by atoms with Crippen LogP contribution in [0.5, 0.6) is 5.75 Å². The van der Waals surface area contributed by atoms with Crippen molar-refractivity contribution in [1.29, 1.82) is 0 Å². The number of anilines is 1. The number of thiazole rings is 1. The molecular formula is C19H18N4O2S. The van der Waals surface area contributed by atoms with Crippen LogP contribution in [0.25, 0.3) is 11.3 Å². The molecule has 3 rings (SSSR count). The van der Waals surface area contributed by atoms with Crippen molar-refractivity contribution in [3.63, 3.8) is 0 Å². The zero-order valence-corrected chi connectivity index (χ0v) is 15.2. The van der Waals surface area contributed by atoms with E-state index in [1.54, 1.807) is 32.4 Å². The highest BCUT2D eigenvalue weighted by Crippen LogP contribution is 2.24. The lowest BCUT2D eigenvalue weighted by Gasteiger charge is -2.11. The highest BCUT2D eigenvalue weighted by molar-refractivity contribution is 7.14. The van der Waals surface area contributed by atoms with Gasteiger partial charge in [0.15, 0.2) is 0 Å². The highest BCUT2D eigenvalue weighted by Gasteiger charge is 2.09. The molecule has 2 aromatic carbocycles. The highest BCUT2D eigenvalue weighted by atomic mass is 32.1. The van der Waals surface area contributed by atoms with Crippen LogP contribution in [0.2, 0.25) is 0 Å². The van der Waals surface area contributed by atoms with Gasteiger partial charge in [0.05, 0.1) is 11.9 Å². The maximum Gasteiger partial charge on any atom is 0.414 e. The van der Waals surface area contributed by atoms with Crippen LogP contribution in [-0.2, 0) is 0 Å². The van der Waals surface area contributed by atoms with Gasteiger partial charge in [0.25, 0.3) is 0 Å². The molecule has 0 aliphatic carbocycles. The number of carbonyl (C=O) groups excluding carboxylic acids is 1. The maximum absolute atomic E-state index is 11.7. The smallest absolute Gasteiger partial charge is 0.410 e. The summed E-state index contributed by atoms with van der Waals surface area (Å²) in [4.78, 5) is 17.6. The van der Waals surface area contributed by atoms with Crippen LogP contribution in [0, 0.1) is 0 Å². The van der Waals surface area contributed by atoms with Crippen molar-refractivity contribution >= 4 is 28.8 Å². The predicted octanol–water partition coefficient (Wildman–Crippen LogP) is 4.32. The minimum atomic E-state index is -0.439. The molecular weight excluding hydrogens is 348 g/mol. The van der Waals surface area contributed by atoms with Crippen LogP contribution in [0.3, 0.4) is 0 Å². The molecule has 1 aromatic heterocycles. The monoisotopic (exact) mass is 366 g/mol. The molecule has 0 unspecified atom stereocenters. The Labute approximate surface area is 155 Å². The van der Waals surface area contributed by atoms with Gasteiger partial charge in [-0.15, -0.1) is 11.3 Å². The van der Waals surface area contributed by atoms with Crippen LogP contribution in [-0.4, -0.2) is 36.3 Å². The number of ether oxygens (including phenoxy) is 1. The van der Waals surface area contributed by atoms with Gasteiger partial charge in [0.2, 0.25) is 5.13 Å². The van der Waals surface area contributed by atoms with E-state index < -0.39 is 6.09 Å². The van der Waals surface area contributed by atoms with Crippen LogP contribution in [0.4, 0.5) is 9.93 Å². The van der Waals surface area contributed by atoms with Crippen LogP contribution in [0.15, 0.2) is 65.1 Å². The van der Waals surface area contributed by atoms with Crippen molar-refractivity contribution in [3.8, 4) is 17.0 Å². The van der Waals surface area contributed by atoms with E-state index in [1.807, 2.05) is 47.8 Å². The quantitative estimate of drug-likeness (QED) is 0.539. The Bertz CT molecular complexity index is 907. The van der Waals surface area contributed by atoms with Crippen molar-refractivity contribution in [2.24, 2.45) is 5.10 Å². The van der Waals surface area contributed by atoms with Crippen molar-refractivity contribution in [1.82, 2.24) is 9.88 Å². The predicted molar refractivity (Wildman–Crippen MR) is 105 cm³/mol. The normalized spacial score (nSPS) is 10.7. The number of benzene rings is 2. The second-order valence-electron chi connectivity index (χ2n) is 5.57. The summed E-state index contributed by atoms with van der Waals surface area (Å²) < 4.78 is 5.33. The number of rotatable bonds is 5. The molecule has 0 fully saturated rings. The van der Waals surface area contributed by atoms with Gasteiger partial charge >= 0.3 is 6.09 Å². The number of aromatic nitrogens is 1. The van der Waals surface area contributed by atoms with E-state index in [0.29, 0.717) is 16.4 Å². The first-order chi connectivity index (χ1) is 12.6. The third kappa shape index (κ3) is 4.46. The number of hydrogen-bond donors (Lipinski definition) is 1. The summed E-state index contributed by atoms with van der Waals surface area (Å²) in [5.41, 5.74) is 5.56. The molecule has 7 heteroatoms. The van der Waals surface area contributed by atoms with Gasteiger partial charge in [-0.05, 0) is 12.1 Å². The summed E-state index contributed by atoms with van der Waals surface area (Å²) >= 11 is 1.47. The molecule has 0 saturated carbocycles. The van der Waals surface area contributed by atoms with Gasteiger partial charge < -0.3 is 9.64 Å². The molecule has 0 saturated heterocycles. The van der Waals surface area contributed by atoms with E-state index in [2.05, 4.69) is 15.5 Å². The second-order valence-corrected chi connectivity index (χ2v) is 6.43. The largest absolute Gasteiger partial charge is 0.414 e. The number of amides is 1. The first-order valence-electron chi connectivity index (χ1n) is 7.91. The molecule has 3 aromatic rings. The van der Waals surface area contributed by atoms with Crippen LogP contribution in [0.1, 0.15) is 5.56 Å². The molecule has 6 nitrogen and oxygen atoms in total. The van der Waals surface area contributed by atoms with E-state index >= 15 is 0 Å². The molecule has 0 aliphatic rings. The Kier molecular flexibility index (Phi) is 5.60. The molecule has 0 radical (unpaired) electrons. The molecule has 0 atom stereocenters. The molecule has 26 heavy (non-hydrogen) atoms. The fourth-order valence-electron chi connectivity index (χ4n) is 2.09. The SMILES string of the molecule is CN(C)C(=O)Oc1ccccc1C=NNc1nc(-c2ccccc2)cs1. The fraction of sp³-hybridized carbons (Fsp3) is 0.105. The number of para-hydroxylation sites is 1. The van der Waals surface area contributed by atoms with Crippen molar-refractivity contribution in [2.45, 2.75) is 0 Å². The third-order valence-corrected chi connectivity index (χ3v) is 4.17. The van der Waals surface area contributed by atoms with Crippen LogP contribution < -0.4 is 10.2 Å². The van der Waals surface area contributed by atoms with Gasteiger partial charge in [-0.2, -0.15) is 5.10 Å². The van der Waals surface area contributed by atoms with Crippen molar-refractivity contribution < 1.29 is 9.53 Å². The lowest BCUT2D eigenvalue weighted by atomic mass is 10.2. The van der Waals surface area contributed by atoms with Gasteiger partial charge in [-0.25, -0.2) is 9.78 Å². The summed E-state index contributed by atoms with van der Waals surface area (Å²) in [6.45, 7) is 0. The number of hydrazone groups is 1. The summed E-state index contributed by atoms with van der Waals surface area (Å²) in [6, 6.07) is 17.1. The Hall–Kier alpha value is -3.19. The summed E-state index contributed by atoms with van der Waals surface area (Å²) in [6.07, 6.45) is 1.16. The number of carbonyl (C=O) groups is 1. The zero-order valence-electron chi connectivity index (χ0n) is 14.4. The molecule has 0 bridgehead atoms. The molecule has 132 valence electrons. The van der Waals surface area contributed by atoms with E-state index in [1.165, 1.54) is 16.2 Å². The topological polar surface area (TPSA) is 66.8 Å². The minimum Gasteiger partial charge on any atom is -0.410 e. The van der Waals surface area contributed by atoms with Gasteiger partial charge in [-0.3, -0.25) is 5.43 Å².